The van der Waals surface area contributed by atoms with E-state index in [4.69, 9.17) is 4.42 Å². The van der Waals surface area contributed by atoms with Crippen LogP contribution in [0.5, 0.6) is 0 Å². The molecular formula is C12H17NO4. The Morgan fingerprint density at radius 2 is 2.18 bits per heavy atom. The zero-order valence-corrected chi connectivity index (χ0v) is 10.2. The summed E-state index contributed by atoms with van der Waals surface area (Å²) in [5, 5.41) is 2.59. The van der Waals surface area contributed by atoms with E-state index in [1.807, 2.05) is 13.8 Å². The zero-order valence-electron chi connectivity index (χ0n) is 10.2. The van der Waals surface area contributed by atoms with Gasteiger partial charge in [0.25, 0.3) is 5.91 Å². The first kappa shape index (κ1) is 13.3. The summed E-state index contributed by atoms with van der Waals surface area (Å²) in [6, 6.07) is 2.52. The Labute approximate surface area is 100 Å². The topological polar surface area (TPSA) is 68.5 Å². The fourth-order valence-electron chi connectivity index (χ4n) is 1.46. The molecule has 0 aliphatic rings. The van der Waals surface area contributed by atoms with Gasteiger partial charge in [-0.25, -0.2) is 4.79 Å². The molecule has 0 spiro atoms. The normalized spacial score (nSPS) is 12.2. The Morgan fingerprint density at radius 3 is 2.65 bits per heavy atom. The van der Waals surface area contributed by atoms with Crippen molar-refractivity contribution in [3.63, 3.8) is 0 Å². The SMILES string of the molecule is COC(=O)[C@@H](CC(C)C)NC(=O)c1ccco1. The number of hydrogen-bond donors (Lipinski definition) is 1. The minimum atomic E-state index is -0.641. The molecule has 0 fully saturated rings. The third-order valence-corrected chi connectivity index (χ3v) is 2.24. The van der Waals surface area contributed by atoms with Crippen LogP contribution in [0.2, 0.25) is 0 Å². The average Bonchev–Trinajstić information content (AvgIpc) is 2.79. The Kier molecular flexibility index (Phi) is 4.75. The molecule has 1 rings (SSSR count). The van der Waals surface area contributed by atoms with E-state index in [2.05, 4.69) is 10.1 Å². The number of ether oxygens (including phenoxy) is 1. The first-order valence-corrected chi connectivity index (χ1v) is 5.46. The molecule has 1 N–H and O–H groups in total. The van der Waals surface area contributed by atoms with Crippen molar-refractivity contribution in [2.45, 2.75) is 26.3 Å². The van der Waals surface area contributed by atoms with E-state index in [-0.39, 0.29) is 11.7 Å². The van der Waals surface area contributed by atoms with Crippen molar-refractivity contribution in [3.8, 4) is 0 Å². The number of esters is 1. The second-order valence-electron chi connectivity index (χ2n) is 4.16. The number of methoxy groups -OCH3 is 1. The maximum absolute atomic E-state index is 11.7. The molecule has 0 aliphatic heterocycles. The van der Waals surface area contributed by atoms with Crippen molar-refractivity contribution in [2.75, 3.05) is 7.11 Å². The number of furan rings is 1. The van der Waals surface area contributed by atoms with Gasteiger partial charge in [-0.05, 0) is 24.5 Å². The van der Waals surface area contributed by atoms with Gasteiger partial charge < -0.3 is 14.5 Å². The highest BCUT2D eigenvalue weighted by molar-refractivity contribution is 5.94. The van der Waals surface area contributed by atoms with Crippen LogP contribution in [-0.2, 0) is 9.53 Å². The van der Waals surface area contributed by atoms with Crippen molar-refractivity contribution in [2.24, 2.45) is 5.92 Å². The van der Waals surface area contributed by atoms with Gasteiger partial charge in [0.2, 0.25) is 0 Å². The molecule has 5 nitrogen and oxygen atoms in total. The van der Waals surface area contributed by atoms with Crippen LogP contribution < -0.4 is 5.32 Å². The molecule has 1 aromatic rings. The minimum absolute atomic E-state index is 0.183. The second kappa shape index (κ2) is 6.08. The molecule has 1 atom stereocenters. The first-order chi connectivity index (χ1) is 8.04. The molecule has 0 saturated heterocycles. The van der Waals surface area contributed by atoms with Gasteiger partial charge >= 0.3 is 5.97 Å². The molecule has 0 aliphatic carbocycles. The van der Waals surface area contributed by atoms with Crippen LogP contribution >= 0.6 is 0 Å². The molecule has 1 aromatic heterocycles. The Bertz CT molecular complexity index is 370. The van der Waals surface area contributed by atoms with E-state index < -0.39 is 17.9 Å². The van der Waals surface area contributed by atoms with Crippen LogP contribution in [-0.4, -0.2) is 25.0 Å². The van der Waals surface area contributed by atoms with Crippen LogP contribution in [0.15, 0.2) is 22.8 Å². The quantitative estimate of drug-likeness (QED) is 0.792. The molecule has 1 heterocycles. The number of carbonyl (C=O) groups is 2. The molecule has 94 valence electrons. The lowest BCUT2D eigenvalue weighted by Crippen LogP contribution is -2.42. The van der Waals surface area contributed by atoms with Crippen LogP contribution in [0.1, 0.15) is 30.8 Å². The third kappa shape index (κ3) is 3.94. The van der Waals surface area contributed by atoms with E-state index >= 15 is 0 Å². The van der Waals surface area contributed by atoms with E-state index in [1.165, 1.54) is 13.4 Å². The maximum Gasteiger partial charge on any atom is 0.328 e. The summed E-state index contributed by atoms with van der Waals surface area (Å²) in [5.41, 5.74) is 0. The number of carbonyl (C=O) groups excluding carboxylic acids is 2. The molecule has 1 amide bonds. The Morgan fingerprint density at radius 1 is 1.47 bits per heavy atom. The molecule has 0 aromatic carbocycles. The smallest absolute Gasteiger partial charge is 0.328 e. The predicted octanol–water partition coefficient (Wildman–Crippen LogP) is 1.60. The average molecular weight is 239 g/mol. The maximum atomic E-state index is 11.7. The van der Waals surface area contributed by atoms with Crippen LogP contribution in [0.3, 0.4) is 0 Å². The Balaban J connectivity index is 2.66. The highest BCUT2D eigenvalue weighted by Gasteiger charge is 2.23. The largest absolute Gasteiger partial charge is 0.467 e. The summed E-state index contributed by atoms with van der Waals surface area (Å²) < 4.78 is 9.60. The number of rotatable bonds is 5. The fraction of sp³-hybridized carbons (Fsp3) is 0.500. The van der Waals surface area contributed by atoms with Gasteiger partial charge in [0.15, 0.2) is 5.76 Å². The summed E-state index contributed by atoms with van der Waals surface area (Å²) in [6.07, 6.45) is 1.93. The Hall–Kier alpha value is -1.78. The lowest BCUT2D eigenvalue weighted by atomic mass is 10.0. The highest BCUT2D eigenvalue weighted by Crippen LogP contribution is 2.08. The van der Waals surface area contributed by atoms with Gasteiger partial charge in [-0.2, -0.15) is 0 Å². The monoisotopic (exact) mass is 239 g/mol. The summed E-state index contributed by atoms with van der Waals surface area (Å²) in [6.45, 7) is 3.93. The molecule has 5 heteroatoms. The molecule has 0 bridgehead atoms. The van der Waals surface area contributed by atoms with E-state index in [9.17, 15) is 9.59 Å². The van der Waals surface area contributed by atoms with Crippen molar-refractivity contribution < 1.29 is 18.7 Å². The van der Waals surface area contributed by atoms with E-state index in [1.54, 1.807) is 12.1 Å². The molecule has 0 radical (unpaired) electrons. The fourth-order valence-corrected chi connectivity index (χ4v) is 1.46. The molecule has 0 saturated carbocycles. The number of amides is 1. The lowest BCUT2D eigenvalue weighted by Gasteiger charge is -2.17. The lowest BCUT2D eigenvalue weighted by molar-refractivity contribution is -0.143. The standard InChI is InChI=1S/C12H17NO4/c1-8(2)7-9(12(15)16-3)13-11(14)10-5-4-6-17-10/h4-6,8-9H,7H2,1-3H3,(H,13,14)/t9-/m1/s1. The van der Waals surface area contributed by atoms with Gasteiger partial charge in [0.05, 0.1) is 13.4 Å². The third-order valence-electron chi connectivity index (χ3n) is 2.24. The van der Waals surface area contributed by atoms with Gasteiger partial charge in [0.1, 0.15) is 6.04 Å². The first-order valence-electron chi connectivity index (χ1n) is 5.46. The number of hydrogen-bond acceptors (Lipinski definition) is 4. The van der Waals surface area contributed by atoms with Crippen LogP contribution in [0.25, 0.3) is 0 Å². The molecular weight excluding hydrogens is 222 g/mol. The van der Waals surface area contributed by atoms with Crippen molar-refractivity contribution in [1.82, 2.24) is 5.32 Å². The van der Waals surface area contributed by atoms with Crippen LogP contribution in [0.4, 0.5) is 0 Å². The molecule has 17 heavy (non-hydrogen) atoms. The van der Waals surface area contributed by atoms with Gasteiger partial charge in [0, 0.05) is 0 Å². The van der Waals surface area contributed by atoms with E-state index in [0.717, 1.165) is 0 Å². The summed E-state index contributed by atoms with van der Waals surface area (Å²) >= 11 is 0. The van der Waals surface area contributed by atoms with E-state index in [0.29, 0.717) is 6.42 Å². The van der Waals surface area contributed by atoms with Gasteiger partial charge in [-0.15, -0.1) is 0 Å². The van der Waals surface area contributed by atoms with Gasteiger partial charge in [-0.3, -0.25) is 4.79 Å². The summed E-state index contributed by atoms with van der Waals surface area (Å²) in [4.78, 5) is 23.2. The van der Waals surface area contributed by atoms with Crippen molar-refractivity contribution >= 4 is 11.9 Å². The van der Waals surface area contributed by atoms with Crippen molar-refractivity contribution in [3.05, 3.63) is 24.2 Å². The van der Waals surface area contributed by atoms with Crippen molar-refractivity contribution in [1.29, 1.82) is 0 Å². The summed E-state index contributed by atoms with van der Waals surface area (Å²) in [5.74, 6) is -0.400. The number of nitrogens with one attached hydrogen (secondary N) is 1. The van der Waals surface area contributed by atoms with Gasteiger partial charge in [-0.1, -0.05) is 13.8 Å². The molecule has 0 unspecified atom stereocenters. The van der Waals surface area contributed by atoms with Crippen LogP contribution in [0, 0.1) is 5.92 Å². The highest BCUT2D eigenvalue weighted by atomic mass is 16.5. The zero-order chi connectivity index (χ0) is 12.8. The summed E-state index contributed by atoms with van der Waals surface area (Å²) in [7, 11) is 1.30. The minimum Gasteiger partial charge on any atom is -0.467 e. The predicted molar refractivity (Wildman–Crippen MR) is 61.4 cm³/mol. The second-order valence-corrected chi connectivity index (χ2v) is 4.16.